The van der Waals surface area contributed by atoms with E-state index < -0.39 is 5.82 Å². The number of fused-ring (bicyclic) bond motifs is 1. The molecule has 1 aromatic carbocycles. The number of hydrogen-bond acceptors (Lipinski definition) is 5. The van der Waals surface area contributed by atoms with Gasteiger partial charge < -0.3 is 19.6 Å². The molecule has 0 aliphatic heterocycles. The summed E-state index contributed by atoms with van der Waals surface area (Å²) in [5, 5.41) is 15.5. The van der Waals surface area contributed by atoms with Crippen LogP contribution in [0.15, 0.2) is 36.8 Å². The molecule has 1 aliphatic rings. The summed E-state index contributed by atoms with van der Waals surface area (Å²) in [4.78, 5) is 7.84. The Morgan fingerprint density at radius 2 is 1.97 bits per heavy atom. The van der Waals surface area contributed by atoms with E-state index in [-0.39, 0.29) is 23.1 Å². The van der Waals surface area contributed by atoms with Gasteiger partial charge >= 0.3 is 0 Å². The number of aromatic nitrogens is 4. The van der Waals surface area contributed by atoms with E-state index in [2.05, 4.69) is 15.1 Å². The molecule has 0 bridgehead atoms. The Labute approximate surface area is 207 Å². The van der Waals surface area contributed by atoms with E-state index in [1.165, 1.54) is 6.07 Å². The third kappa shape index (κ3) is 4.25. The maximum absolute atomic E-state index is 14.3. The van der Waals surface area contributed by atoms with Gasteiger partial charge in [-0.05, 0) is 49.4 Å². The normalized spacial score (nSPS) is 19.1. The van der Waals surface area contributed by atoms with Gasteiger partial charge in [-0.15, -0.1) is 5.10 Å². The van der Waals surface area contributed by atoms with Gasteiger partial charge in [0.1, 0.15) is 17.2 Å². The van der Waals surface area contributed by atoms with Crippen LogP contribution in [0.1, 0.15) is 55.7 Å². The third-order valence-electron chi connectivity index (χ3n) is 7.02. The van der Waals surface area contributed by atoms with Crippen LogP contribution < -0.4 is 9.47 Å². The zero-order chi connectivity index (χ0) is 24.7. The number of H-pyrrole nitrogens is 1. The van der Waals surface area contributed by atoms with Gasteiger partial charge in [0.05, 0.1) is 37.0 Å². The van der Waals surface area contributed by atoms with E-state index in [1.54, 1.807) is 26.5 Å². The molecule has 1 saturated carbocycles. The fourth-order valence-electron chi connectivity index (χ4n) is 5.05. The molecule has 35 heavy (non-hydrogen) atoms. The molecular formula is C26H28ClFN4O3. The predicted molar refractivity (Wildman–Crippen MR) is 133 cm³/mol. The molecular weight excluding hydrogens is 471 g/mol. The molecule has 3 aromatic heterocycles. The molecule has 1 atom stereocenters. The van der Waals surface area contributed by atoms with Crippen LogP contribution in [0.5, 0.6) is 11.6 Å². The summed E-state index contributed by atoms with van der Waals surface area (Å²) in [5.41, 5.74) is 3.93. The number of rotatable bonds is 6. The highest BCUT2D eigenvalue weighted by atomic mass is 35.5. The fourth-order valence-corrected chi connectivity index (χ4v) is 5.37. The number of aromatic amines is 1. The highest BCUT2D eigenvalue weighted by molar-refractivity contribution is 6.31. The molecule has 0 spiro atoms. The first-order valence-corrected chi connectivity index (χ1v) is 12.1. The number of methoxy groups -OCH3 is 2. The minimum Gasteiger partial charge on any atom is -0.496 e. The second-order valence-electron chi connectivity index (χ2n) is 9.06. The van der Waals surface area contributed by atoms with Crippen molar-refractivity contribution in [2.24, 2.45) is 0 Å². The van der Waals surface area contributed by atoms with Crippen LogP contribution in [0.3, 0.4) is 0 Å². The molecule has 0 radical (unpaired) electrons. The van der Waals surface area contributed by atoms with Gasteiger partial charge in [0, 0.05) is 41.0 Å². The Hall–Kier alpha value is -3.10. The second-order valence-corrected chi connectivity index (χ2v) is 9.44. The standard InChI is InChI=1S/C26H28ClFN4O3/c1-14(23-22(34-2)9-8-21(28)24(23)27)19-12-30-25-18(19)10-15(11-29-25)20-13-32(31-26(20)35-3)16-4-6-17(33)7-5-16/h8-14,16-17,33H,4-7H2,1-3H3,(H,29,30). The Balaban J connectivity index is 1.55. The Morgan fingerprint density at radius 1 is 1.20 bits per heavy atom. The average Bonchev–Trinajstić information content (AvgIpc) is 3.49. The summed E-state index contributed by atoms with van der Waals surface area (Å²) in [6, 6.07) is 5.17. The lowest BCUT2D eigenvalue weighted by Crippen LogP contribution is -2.21. The van der Waals surface area contributed by atoms with Crippen molar-refractivity contribution in [1.82, 2.24) is 19.7 Å². The number of nitrogens with one attached hydrogen (secondary N) is 1. The van der Waals surface area contributed by atoms with Crippen LogP contribution >= 0.6 is 11.6 Å². The molecule has 3 heterocycles. The number of benzene rings is 1. The summed E-state index contributed by atoms with van der Waals surface area (Å²) in [6.07, 6.45) is 8.72. The Morgan fingerprint density at radius 3 is 2.69 bits per heavy atom. The van der Waals surface area contributed by atoms with Gasteiger partial charge in [-0.1, -0.05) is 18.5 Å². The quantitative estimate of drug-likeness (QED) is 0.347. The van der Waals surface area contributed by atoms with Crippen molar-refractivity contribution in [3.8, 4) is 22.8 Å². The second kappa shape index (κ2) is 9.51. The molecule has 9 heteroatoms. The van der Waals surface area contributed by atoms with Crippen molar-refractivity contribution in [3.05, 3.63) is 58.8 Å². The lowest BCUT2D eigenvalue weighted by atomic mass is 9.91. The lowest BCUT2D eigenvalue weighted by molar-refractivity contribution is 0.107. The highest BCUT2D eigenvalue weighted by Crippen LogP contribution is 2.41. The van der Waals surface area contributed by atoms with Crippen molar-refractivity contribution in [2.45, 2.75) is 50.7 Å². The monoisotopic (exact) mass is 498 g/mol. The van der Waals surface area contributed by atoms with Crippen LogP contribution in [-0.4, -0.2) is 45.2 Å². The number of aliphatic hydroxyl groups is 1. The van der Waals surface area contributed by atoms with Gasteiger partial charge in [0.25, 0.3) is 0 Å². The molecule has 1 fully saturated rings. The summed E-state index contributed by atoms with van der Waals surface area (Å²) >= 11 is 6.37. The number of pyridine rings is 1. The van der Waals surface area contributed by atoms with Crippen molar-refractivity contribution in [1.29, 1.82) is 0 Å². The van der Waals surface area contributed by atoms with E-state index in [4.69, 9.17) is 21.1 Å². The van der Waals surface area contributed by atoms with Gasteiger partial charge in [-0.25, -0.2) is 9.37 Å². The van der Waals surface area contributed by atoms with E-state index in [0.717, 1.165) is 53.4 Å². The molecule has 0 saturated heterocycles. The first kappa shape index (κ1) is 23.6. The number of hydrogen-bond donors (Lipinski definition) is 2. The summed E-state index contributed by atoms with van der Waals surface area (Å²) in [7, 11) is 3.15. The van der Waals surface area contributed by atoms with E-state index >= 15 is 0 Å². The van der Waals surface area contributed by atoms with E-state index in [1.807, 2.05) is 30.1 Å². The van der Waals surface area contributed by atoms with Gasteiger partial charge in [-0.2, -0.15) is 0 Å². The molecule has 5 rings (SSSR count). The molecule has 184 valence electrons. The molecule has 0 amide bonds. The SMILES string of the molecule is COc1ccc(F)c(Cl)c1C(C)c1c[nH]c2ncc(-c3cn(C4CCC(O)CC4)nc3OC)cc12. The topological polar surface area (TPSA) is 85.2 Å². The largest absolute Gasteiger partial charge is 0.496 e. The number of ether oxygens (including phenoxy) is 2. The predicted octanol–water partition coefficient (Wildman–Crippen LogP) is 5.86. The first-order chi connectivity index (χ1) is 16.9. The van der Waals surface area contributed by atoms with Gasteiger partial charge in [-0.3, -0.25) is 4.68 Å². The maximum atomic E-state index is 14.3. The minimum atomic E-state index is -0.486. The van der Waals surface area contributed by atoms with Crippen molar-refractivity contribution in [3.63, 3.8) is 0 Å². The van der Waals surface area contributed by atoms with Crippen LogP contribution in [0.4, 0.5) is 4.39 Å². The molecule has 1 unspecified atom stereocenters. The molecule has 7 nitrogen and oxygen atoms in total. The third-order valence-corrected chi connectivity index (χ3v) is 7.40. The minimum absolute atomic E-state index is 0.0517. The summed E-state index contributed by atoms with van der Waals surface area (Å²) < 4.78 is 27.3. The first-order valence-electron chi connectivity index (χ1n) is 11.7. The summed E-state index contributed by atoms with van der Waals surface area (Å²) in [5.74, 6) is 0.317. The van der Waals surface area contributed by atoms with Crippen LogP contribution in [0, 0.1) is 5.82 Å². The number of halogens is 2. The molecule has 4 aromatic rings. The average molecular weight is 499 g/mol. The lowest BCUT2D eigenvalue weighted by Gasteiger charge is -2.25. The van der Waals surface area contributed by atoms with Crippen molar-refractivity contribution >= 4 is 22.6 Å². The Kier molecular flexibility index (Phi) is 6.42. The van der Waals surface area contributed by atoms with Crippen LogP contribution in [0.2, 0.25) is 5.02 Å². The maximum Gasteiger partial charge on any atom is 0.240 e. The van der Waals surface area contributed by atoms with Gasteiger partial charge in [0.2, 0.25) is 5.88 Å². The zero-order valence-corrected chi connectivity index (χ0v) is 20.6. The molecule has 2 N–H and O–H groups in total. The zero-order valence-electron chi connectivity index (χ0n) is 19.9. The molecule has 1 aliphatic carbocycles. The number of aliphatic hydroxyl groups excluding tert-OH is 1. The van der Waals surface area contributed by atoms with Crippen LogP contribution in [0.25, 0.3) is 22.2 Å². The highest BCUT2D eigenvalue weighted by Gasteiger charge is 2.25. The fraction of sp³-hybridized carbons (Fsp3) is 0.385. The van der Waals surface area contributed by atoms with Crippen LogP contribution in [-0.2, 0) is 0 Å². The van der Waals surface area contributed by atoms with Crippen molar-refractivity contribution < 1.29 is 19.0 Å². The number of nitrogens with zero attached hydrogens (tertiary/aromatic N) is 3. The van der Waals surface area contributed by atoms with E-state index in [9.17, 15) is 9.50 Å². The Bertz CT molecular complexity index is 1360. The summed E-state index contributed by atoms with van der Waals surface area (Å²) in [6.45, 7) is 1.97. The van der Waals surface area contributed by atoms with Crippen molar-refractivity contribution in [2.75, 3.05) is 14.2 Å². The van der Waals surface area contributed by atoms with E-state index in [0.29, 0.717) is 17.2 Å². The van der Waals surface area contributed by atoms with Gasteiger partial charge in [0.15, 0.2) is 0 Å². The smallest absolute Gasteiger partial charge is 0.240 e.